The number of hydrogen-bond acceptors (Lipinski definition) is 9. The van der Waals surface area contributed by atoms with Crippen molar-refractivity contribution in [3.63, 3.8) is 0 Å². The van der Waals surface area contributed by atoms with Crippen LogP contribution in [0.15, 0.2) is 0 Å². The third-order valence-electron chi connectivity index (χ3n) is 3.51. The second kappa shape index (κ2) is 8.73. The fourth-order valence-electron chi connectivity index (χ4n) is 1.35. The Morgan fingerprint density at radius 1 is 1.14 bits per heavy atom. The first kappa shape index (κ1) is 21.2. The van der Waals surface area contributed by atoms with Gasteiger partial charge >= 0.3 is 5.97 Å². The SMILES string of the molecule is CCC(C)(C)OOOC(=O)C(O)(CC)C(O)C(O)C(O)CO. The summed E-state index contributed by atoms with van der Waals surface area (Å²) >= 11 is 0. The molecule has 9 heteroatoms. The highest BCUT2D eigenvalue weighted by molar-refractivity contribution is 5.79. The molecule has 0 fully saturated rings. The van der Waals surface area contributed by atoms with E-state index in [4.69, 9.17) is 9.99 Å². The van der Waals surface area contributed by atoms with E-state index in [1.165, 1.54) is 6.92 Å². The van der Waals surface area contributed by atoms with Gasteiger partial charge in [0.25, 0.3) is 0 Å². The van der Waals surface area contributed by atoms with Crippen molar-refractivity contribution < 1.29 is 45.1 Å². The van der Waals surface area contributed by atoms with Gasteiger partial charge in [-0.15, -0.1) is 0 Å². The van der Waals surface area contributed by atoms with Crippen LogP contribution in [0.25, 0.3) is 0 Å². The minimum atomic E-state index is -2.55. The number of rotatable bonds is 10. The molecular weight excluding hydrogens is 300 g/mol. The van der Waals surface area contributed by atoms with Crippen LogP contribution in [0.3, 0.4) is 0 Å². The number of hydrogen-bond donors (Lipinski definition) is 5. The molecule has 0 saturated heterocycles. The van der Waals surface area contributed by atoms with E-state index in [0.717, 1.165) is 0 Å². The van der Waals surface area contributed by atoms with Gasteiger partial charge in [0.1, 0.15) is 23.9 Å². The van der Waals surface area contributed by atoms with Gasteiger partial charge in [0.2, 0.25) is 0 Å². The summed E-state index contributed by atoms with van der Waals surface area (Å²) in [5, 5.41) is 51.9. The van der Waals surface area contributed by atoms with Crippen molar-refractivity contribution in [3.05, 3.63) is 0 Å². The summed E-state index contributed by atoms with van der Waals surface area (Å²) in [6, 6.07) is 0. The van der Waals surface area contributed by atoms with Gasteiger partial charge in [0.15, 0.2) is 5.60 Å². The quantitative estimate of drug-likeness (QED) is 0.247. The van der Waals surface area contributed by atoms with E-state index in [1.807, 2.05) is 6.92 Å². The van der Waals surface area contributed by atoms with E-state index in [2.05, 4.69) is 9.93 Å². The lowest BCUT2D eigenvalue weighted by Crippen LogP contribution is -2.58. The Bertz CT molecular complexity index is 346. The van der Waals surface area contributed by atoms with Gasteiger partial charge in [-0.3, -0.25) is 4.89 Å². The topological polar surface area (TPSA) is 146 Å². The minimum Gasteiger partial charge on any atom is -0.394 e. The average molecular weight is 326 g/mol. The summed E-state index contributed by atoms with van der Waals surface area (Å²) < 4.78 is 0. The molecule has 0 aliphatic heterocycles. The fourth-order valence-corrected chi connectivity index (χ4v) is 1.35. The number of carbonyl (C=O) groups is 1. The highest BCUT2D eigenvalue weighted by Gasteiger charge is 2.49. The molecule has 132 valence electrons. The Morgan fingerprint density at radius 2 is 1.68 bits per heavy atom. The van der Waals surface area contributed by atoms with Gasteiger partial charge < -0.3 is 25.5 Å². The molecule has 0 spiro atoms. The minimum absolute atomic E-state index is 0.345. The molecule has 22 heavy (non-hydrogen) atoms. The molecule has 4 atom stereocenters. The molecular formula is C13H26O9. The lowest BCUT2D eigenvalue weighted by molar-refractivity contribution is -0.519. The molecule has 4 unspecified atom stereocenters. The lowest BCUT2D eigenvalue weighted by atomic mass is 9.88. The highest BCUT2D eigenvalue weighted by Crippen LogP contribution is 2.23. The van der Waals surface area contributed by atoms with Crippen LogP contribution in [-0.4, -0.2) is 67.6 Å². The molecule has 0 aromatic heterocycles. The Hall–Kier alpha value is -0.810. The lowest BCUT2D eigenvalue weighted by Gasteiger charge is -2.33. The van der Waals surface area contributed by atoms with Crippen molar-refractivity contribution in [2.45, 2.75) is 70.1 Å². The van der Waals surface area contributed by atoms with Gasteiger partial charge in [-0.05, 0) is 31.7 Å². The Labute approximate surface area is 128 Å². The van der Waals surface area contributed by atoms with Crippen LogP contribution in [0, 0.1) is 0 Å². The second-order valence-corrected chi connectivity index (χ2v) is 5.60. The average Bonchev–Trinajstić information content (AvgIpc) is 2.51. The van der Waals surface area contributed by atoms with Gasteiger partial charge in [0, 0.05) is 0 Å². The van der Waals surface area contributed by atoms with Crippen molar-refractivity contribution in [1.29, 1.82) is 0 Å². The normalized spacial score (nSPS) is 19.1. The standard InChI is InChI=1S/C13H26O9/c1-5-12(3,4)21-22-20-11(18)13(19,6-2)10(17)9(16)8(15)7-14/h8-10,14-17,19H,5-7H2,1-4H3. The van der Waals surface area contributed by atoms with Crippen LogP contribution >= 0.6 is 0 Å². The Balaban J connectivity index is 4.80. The van der Waals surface area contributed by atoms with Crippen LogP contribution in [0.2, 0.25) is 0 Å². The first-order valence-corrected chi connectivity index (χ1v) is 7.00. The molecule has 0 saturated carbocycles. The van der Waals surface area contributed by atoms with Gasteiger partial charge in [-0.2, -0.15) is 4.89 Å². The van der Waals surface area contributed by atoms with Crippen molar-refractivity contribution >= 4 is 5.97 Å². The fraction of sp³-hybridized carbons (Fsp3) is 0.923. The van der Waals surface area contributed by atoms with Crippen LogP contribution < -0.4 is 0 Å². The first-order chi connectivity index (χ1) is 10.1. The van der Waals surface area contributed by atoms with E-state index in [9.17, 15) is 25.2 Å². The molecule has 0 amide bonds. The first-order valence-electron chi connectivity index (χ1n) is 7.00. The van der Waals surface area contributed by atoms with E-state index in [-0.39, 0.29) is 6.42 Å². The largest absolute Gasteiger partial charge is 0.394 e. The predicted molar refractivity (Wildman–Crippen MR) is 73.0 cm³/mol. The zero-order valence-corrected chi connectivity index (χ0v) is 13.2. The van der Waals surface area contributed by atoms with Crippen molar-refractivity contribution in [1.82, 2.24) is 0 Å². The van der Waals surface area contributed by atoms with Crippen LogP contribution in [0.4, 0.5) is 0 Å². The molecule has 0 aliphatic rings. The second-order valence-electron chi connectivity index (χ2n) is 5.60. The maximum Gasteiger partial charge on any atom is 0.379 e. The summed E-state index contributed by atoms with van der Waals surface area (Å²) in [4.78, 5) is 20.9. The summed E-state index contributed by atoms with van der Waals surface area (Å²) in [7, 11) is 0. The molecule has 0 heterocycles. The van der Waals surface area contributed by atoms with Gasteiger partial charge in [-0.25, -0.2) is 4.79 Å². The summed E-state index contributed by atoms with van der Waals surface area (Å²) in [5.74, 6) is -1.40. The maximum absolute atomic E-state index is 11.8. The van der Waals surface area contributed by atoms with Crippen molar-refractivity contribution in [2.24, 2.45) is 0 Å². The molecule has 0 bridgehead atoms. The van der Waals surface area contributed by atoms with E-state index in [1.54, 1.807) is 13.8 Å². The maximum atomic E-state index is 11.8. The number of aliphatic hydroxyl groups is 5. The van der Waals surface area contributed by atoms with Crippen molar-refractivity contribution in [3.8, 4) is 0 Å². The molecule has 5 N–H and O–H groups in total. The number of carbonyl (C=O) groups excluding carboxylic acids is 1. The zero-order valence-electron chi connectivity index (χ0n) is 13.2. The number of aliphatic hydroxyl groups excluding tert-OH is 4. The summed E-state index contributed by atoms with van der Waals surface area (Å²) in [5.41, 5.74) is -3.29. The molecule has 0 rings (SSSR count). The Kier molecular flexibility index (Phi) is 8.40. The van der Waals surface area contributed by atoms with Crippen LogP contribution in [-0.2, 0) is 19.6 Å². The van der Waals surface area contributed by atoms with E-state index < -0.39 is 42.1 Å². The predicted octanol–water partition coefficient (Wildman–Crippen LogP) is -1.20. The molecule has 0 aromatic carbocycles. The molecule has 0 aromatic rings. The zero-order chi connectivity index (χ0) is 17.6. The summed E-state index contributed by atoms with van der Waals surface area (Å²) in [6.07, 6.45) is -5.60. The van der Waals surface area contributed by atoms with E-state index >= 15 is 0 Å². The Morgan fingerprint density at radius 3 is 2.09 bits per heavy atom. The van der Waals surface area contributed by atoms with E-state index in [0.29, 0.717) is 6.42 Å². The van der Waals surface area contributed by atoms with Crippen LogP contribution in [0.5, 0.6) is 0 Å². The molecule has 0 aliphatic carbocycles. The third kappa shape index (κ3) is 5.43. The monoisotopic (exact) mass is 326 g/mol. The highest BCUT2D eigenvalue weighted by atomic mass is 17.5. The molecule has 0 radical (unpaired) electrons. The van der Waals surface area contributed by atoms with Gasteiger partial charge in [0.05, 0.1) is 6.61 Å². The summed E-state index contributed by atoms with van der Waals surface area (Å²) in [6.45, 7) is 5.63. The van der Waals surface area contributed by atoms with Crippen molar-refractivity contribution in [2.75, 3.05) is 6.61 Å². The third-order valence-corrected chi connectivity index (χ3v) is 3.51. The smallest absolute Gasteiger partial charge is 0.379 e. The van der Waals surface area contributed by atoms with Gasteiger partial charge in [-0.1, -0.05) is 13.8 Å². The molecule has 9 nitrogen and oxygen atoms in total. The van der Waals surface area contributed by atoms with Crippen LogP contribution in [0.1, 0.15) is 40.5 Å².